The zero-order valence-corrected chi connectivity index (χ0v) is 9.18. The fraction of sp³-hybridized carbons (Fsp3) is 0.455. The van der Waals surface area contributed by atoms with Crippen molar-refractivity contribution in [2.45, 2.75) is 20.1 Å². The van der Waals surface area contributed by atoms with Gasteiger partial charge in [0.2, 0.25) is 0 Å². The molecule has 0 unspecified atom stereocenters. The quantitative estimate of drug-likeness (QED) is 0.720. The van der Waals surface area contributed by atoms with Gasteiger partial charge in [0, 0.05) is 6.20 Å². The SMILES string of the molecule is CCOC(=O)COCc1ccc(CO)nc1. The Hall–Kier alpha value is -1.46. The van der Waals surface area contributed by atoms with Crippen LogP contribution in [0.4, 0.5) is 0 Å². The molecule has 1 aromatic heterocycles. The van der Waals surface area contributed by atoms with Crippen molar-refractivity contribution in [3.63, 3.8) is 0 Å². The standard InChI is InChI=1S/C11H15NO4/c1-2-16-11(14)8-15-7-9-3-4-10(6-13)12-5-9/h3-5,13H,2,6-8H2,1H3. The van der Waals surface area contributed by atoms with Gasteiger partial charge in [-0.15, -0.1) is 0 Å². The molecule has 5 nitrogen and oxygen atoms in total. The summed E-state index contributed by atoms with van der Waals surface area (Å²) in [5.41, 5.74) is 1.45. The summed E-state index contributed by atoms with van der Waals surface area (Å²) < 4.78 is 9.83. The van der Waals surface area contributed by atoms with Crippen LogP contribution in [0.3, 0.4) is 0 Å². The number of carbonyl (C=O) groups excluding carboxylic acids is 1. The van der Waals surface area contributed by atoms with Crippen LogP contribution in [0.15, 0.2) is 18.3 Å². The van der Waals surface area contributed by atoms with Crippen LogP contribution < -0.4 is 0 Å². The van der Waals surface area contributed by atoms with Gasteiger partial charge in [-0.25, -0.2) is 4.79 Å². The molecular weight excluding hydrogens is 210 g/mol. The Bertz CT molecular complexity index is 323. The first kappa shape index (κ1) is 12.6. The molecule has 0 bridgehead atoms. The molecule has 16 heavy (non-hydrogen) atoms. The molecule has 0 aliphatic carbocycles. The average molecular weight is 225 g/mol. The number of hydrogen-bond acceptors (Lipinski definition) is 5. The minimum atomic E-state index is -0.373. The van der Waals surface area contributed by atoms with Crippen LogP contribution in [0, 0.1) is 0 Å². The second kappa shape index (κ2) is 6.92. The fourth-order valence-corrected chi connectivity index (χ4v) is 1.09. The molecule has 0 atom stereocenters. The summed E-state index contributed by atoms with van der Waals surface area (Å²) in [6, 6.07) is 3.51. The number of nitrogens with zero attached hydrogens (tertiary/aromatic N) is 1. The van der Waals surface area contributed by atoms with Crippen LogP contribution in [0.1, 0.15) is 18.2 Å². The fourth-order valence-electron chi connectivity index (χ4n) is 1.09. The third-order valence-corrected chi connectivity index (χ3v) is 1.84. The Balaban J connectivity index is 2.29. The Morgan fingerprint density at radius 2 is 2.31 bits per heavy atom. The maximum Gasteiger partial charge on any atom is 0.332 e. The summed E-state index contributed by atoms with van der Waals surface area (Å²) in [6.45, 7) is 2.27. The minimum absolute atomic E-state index is 0.0599. The first-order chi connectivity index (χ1) is 7.76. The summed E-state index contributed by atoms with van der Waals surface area (Å²) in [5.74, 6) is -0.373. The Morgan fingerprint density at radius 3 is 2.88 bits per heavy atom. The molecule has 1 N–H and O–H groups in total. The molecule has 0 aliphatic rings. The number of ether oxygens (including phenoxy) is 2. The Kier molecular flexibility index (Phi) is 5.45. The predicted molar refractivity (Wildman–Crippen MR) is 56.4 cm³/mol. The zero-order chi connectivity index (χ0) is 11.8. The van der Waals surface area contributed by atoms with Crippen LogP contribution in [-0.2, 0) is 27.5 Å². The van der Waals surface area contributed by atoms with Gasteiger partial charge in [-0.2, -0.15) is 0 Å². The lowest BCUT2D eigenvalue weighted by Gasteiger charge is -2.04. The summed E-state index contributed by atoms with van der Waals surface area (Å²) in [4.78, 5) is 14.9. The average Bonchev–Trinajstić information content (AvgIpc) is 2.30. The van der Waals surface area contributed by atoms with Gasteiger partial charge in [0.15, 0.2) is 0 Å². The van der Waals surface area contributed by atoms with E-state index < -0.39 is 0 Å². The van der Waals surface area contributed by atoms with E-state index in [9.17, 15) is 4.79 Å². The molecule has 5 heteroatoms. The van der Waals surface area contributed by atoms with Crippen LogP contribution in [0.2, 0.25) is 0 Å². The van der Waals surface area contributed by atoms with E-state index in [1.165, 1.54) is 0 Å². The van der Waals surface area contributed by atoms with Gasteiger partial charge in [-0.3, -0.25) is 4.98 Å². The third-order valence-electron chi connectivity index (χ3n) is 1.84. The molecule has 88 valence electrons. The van der Waals surface area contributed by atoms with Gasteiger partial charge >= 0.3 is 5.97 Å². The normalized spacial score (nSPS) is 10.1. The van der Waals surface area contributed by atoms with Gasteiger partial charge in [-0.05, 0) is 18.6 Å². The number of pyridine rings is 1. The van der Waals surface area contributed by atoms with E-state index in [2.05, 4.69) is 4.98 Å². The Labute approximate surface area is 94.0 Å². The lowest BCUT2D eigenvalue weighted by molar-refractivity contribution is -0.148. The highest BCUT2D eigenvalue weighted by atomic mass is 16.6. The summed E-state index contributed by atoms with van der Waals surface area (Å²) in [5, 5.41) is 8.78. The predicted octanol–water partition coefficient (Wildman–Crippen LogP) is 0.654. The van der Waals surface area contributed by atoms with Crippen LogP contribution in [0.25, 0.3) is 0 Å². The number of esters is 1. The molecule has 0 spiro atoms. The molecule has 0 aliphatic heterocycles. The molecule has 1 rings (SSSR count). The first-order valence-corrected chi connectivity index (χ1v) is 5.04. The Morgan fingerprint density at radius 1 is 1.50 bits per heavy atom. The molecule has 0 saturated heterocycles. The summed E-state index contributed by atoms with van der Waals surface area (Å²) in [6.07, 6.45) is 1.61. The minimum Gasteiger partial charge on any atom is -0.464 e. The van der Waals surface area contributed by atoms with Gasteiger partial charge in [-0.1, -0.05) is 6.07 Å². The van der Waals surface area contributed by atoms with Crippen molar-refractivity contribution in [2.75, 3.05) is 13.2 Å². The van der Waals surface area contributed by atoms with Gasteiger partial charge in [0.25, 0.3) is 0 Å². The van der Waals surface area contributed by atoms with Crippen molar-refractivity contribution < 1.29 is 19.4 Å². The van der Waals surface area contributed by atoms with Crippen LogP contribution >= 0.6 is 0 Å². The maximum atomic E-state index is 10.9. The maximum absolute atomic E-state index is 10.9. The second-order valence-corrected chi connectivity index (χ2v) is 3.11. The van der Waals surface area contributed by atoms with Gasteiger partial charge in [0.1, 0.15) is 6.61 Å². The largest absolute Gasteiger partial charge is 0.464 e. The molecule has 0 aromatic carbocycles. The van der Waals surface area contributed by atoms with E-state index in [0.29, 0.717) is 18.9 Å². The zero-order valence-electron chi connectivity index (χ0n) is 9.18. The molecule has 1 heterocycles. The molecule has 1 aromatic rings. The van der Waals surface area contributed by atoms with Gasteiger partial charge in [0.05, 0.1) is 25.5 Å². The van der Waals surface area contributed by atoms with Crippen molar-refractivity contribution in [3.8, 4) is 0 Å². The third kappa shape index (κ3) is 4.37. The summed E-state index contributed by atoms with van der Waals surface area (Å²) in [7, 11) is 0. The number of aliphatic hydroxyl groups excluding tert-OH is 1. The number of hydrogen-bond donors (Lipinski definition) is 1. The molecule has 0 fully saturated rings. The highest BCUT2D eigenvalue weighted by Gasteiger charge is 2.01. The van der Waals surface area contributed by atoms with Crippen molar-refractivity contribution in [1.29, 1.82) is 0 Å². The highest BCUT2D eigenvalue weighted by Crippen LogP contribution is 2.02. The van der Waals surface area contributed by atoms with Crippen LogP contribution in [0.5, 0.6) is 0 Å². The lowest BCUT2D eigenvalue weighted by atomic mass is 10.2. The summed E-state index contributed by atoms with van der Waals surface area (Å²) >= 11 is 0. The van der Waals surface area contributed by atoms with E-state index >= 15 is 0 Å². The molecule has 0 saturated carbocycles. The van der Waals surface area contributed by atoms with E-state index in [1.807, 2.05) is 0 Å². The van der Waals surface area contributed by atoms with E-state index in [1.54, 1.807) is 25.3 Å². The molecule has 0 radical (unpaired) electrons. The number of aliphatic hydroxyl groups is 1. The van der Waals surface area contributed by atoms with Crippen molar-refractivity contribution in [2.24, 2.45) is 0 Å². The van der Waals surface area contributed by atoms with E-state index in [0.717, 1.165) is 5.56 Å². The highest BCUT2D eigenvalue weighted by molar-refractivity contribution is 5.70. The number of rotatable bonds is 6. The van der Waals surface area contributed by atoms with Crippen molar-refractivity contribution >= 4 is 5.97 Å². The van der Waals surface area contributed by atoms with Gasteiger partial charge < -0.3 is 14.6 Å². The van der Waals surface area contributed by atoms with E-state index in [4.69, 9.17) is 14.6 Å². The van der Waals surface area contributed by atoms with E-state index in [-0.39, 0.29) is 19.2 Å². The molecule has 0 amide bonds. The van der Waals surface area contributed by atoms with Crippen molar-refractivity contribution in [3.05, 3.63) is 29.6 Å². The first-order valence-electron chi connectivity index (χ1n) is 5.04. The smallest absolute Gasteiger partial charge is 0.332 e. The number of carbonyl (C=O) groups is 1. The number of aromatic nitrogens is 1. The topological polar surface area (TPSA) is 68.7 Å². The molecular formula is C11H15NO4. The van der Waals surface area contributed by atoms with Crippen LogP contribution in [-0.4, -0.2) is 29.3 Å². The van der Waals surface area contributed by atoms with Crippen molar-refractivity contribution in [1.82, 2.24) is 4.98 Å². The second-order valence-electron chi connectivity index (χ2n) is 3.11. The lowest BCUT2D eigenvalue weighted by Crippen LogP contribution is -2.12. The monoisotopic (exact) mass is 225 g/mol.